The van der Waals surface area contributed by atoms with Gasteiger partial charge in [-0.15, -0.1) is 0 Å². The van der Waals surface area contributed by atoms with Crippen LogP contribution in [0.15, 0.2) is 12.1 Å². The second-order valence-corrected chi connectivity index (χ2v) is 4.73. The molecule has 0 amide bonds. The zero-order valence-electron chi connectivity index (χ0n) is 11.8. The third-order valence-corrected chi connectivity index (χ3v) is 3.32. The molecule has 3 nitrogen and oxygen atoms in total. The summed E-state index contributed by atoms with van der Waals surface area (Å²) in [5, 5.41) is 9.32. The van der Waals surface area contributed by atoms with Crippen molar-refractivity contribution in [2.24, 2.45) is 0 Å². The van der Waals surface area contributed by atoms with E-state index in [1.807, 2.05) is 31.0 Å². The lowest BCUT2D eigenvalue weighted by Crippen LogP contribution is -2.21. The summed E-state index contributed by atoms with van der Waals surface area (Å²) in [6.45, 7) is 7.12. The zero-order chi connectivity index (χ0) is 13.7. The van der Waals surface area contributed by atoms with E-state index in [-0.39, 0.29) is 0 Å². The van der Waals surface area contributed by atoms with Crippen molar-refractivity contribution in [3.05, 3.63) is 28.8 Å². The molecular formula is C15H23NO2. The van der Waals surface area contributed by atoms with Crippen molar-refractivity contribution in [2.75, 3.05) is 18.5 Å². The highest BCUT2D eigenvalue weighted by Gasteiger charge is 2.15. The number of hydrogen-bond donors (Lipinski definition) is 1. The number of carbonyl (C=O) groups is 1. The van der Waals surface area contributed by atoms with Gasteiger partial charge in [-0.25, -0.2) is 4.79 Å². The lowest BCUT2D eigenvalue weighted by Gasteiger charge is -2.22. The first-order valence-corrected chi connectivity index (χ1v) is 6.59. The van der Waals surface area contributed by atoms with Crippen molar-refractivity contribution < 1.29 is 9.90 Å². The van der Waals surface area contributed by atoms with E-state index in [9.17, 15) is 9.90 Å². The summed E-state index contributed by atoms with van der Waals surface area (Å²) in [5.41, 5.74) is 3.52. The molecule has 1 rings (SSSR count). The summed E-state index contributed by atoms with van der Waals surface area (Å²) >= 11 is 0. The van der Waals surface area contributed by atoms with Gasteiger partial charge in [0.25, 0.3) is 0 Å². The van der Waals surface area contributed by atoms with Gasteiger partial charge in [-0.2, -0.15) is 0 Å². The number of unbranched alkanes of at least 4 members (excludes halogenated alkanes) is 1. The Hall–Kier alpha value is -1.51. The molecule has 0 aliphatic heterocycles. The van der Waals surface area contributed by atoms with Gasteiger partial charge < -0.3 is 10.0 Å². The Balaban J connectivity index is 3.16. The van der Waals surface area contributed by atoms with E-state index in [0.717, 1.165) is 37.1 Å². The molecule has 0 aromatic heterocycles. The minimum atomic E-state index is -0.844. The van der Waals surface area contributed by atoms with Gasteiger partial charge in [0.05, 0.1) is 11.3 Å². The lowest BCUT2D eigenvalue weighted by atomic mass is 10.0. The van der Waals surface area contributed by atoms with Crippen molar-refractivity contribution in [1.29, 1.82) is 0 Å². The molecule has 0 spiro atoms. The fourth-order valence-corrected chi connectivity index (χ4v) is 2.12. The maximum absolute atomic E-state index is 11.4. The maximum atomic E-state index is 11.4. The molecule has 1 N–H and O–H groups in total. The predicted molar refractivity (Wildman–Crippen MR) is 75.7 cm³/mol. The average molecular weight is 249 g/mol. The molecule has 0 saturated heterocycles. The number of carboxylic acids is 1. The summed E-state index contributed by atoms with van der Waals surface area (Å²) in [7, 11) is 1.96. The summed E-state index contributed by atoms with van der Waals surface area (Å²) in [5.74, 6) is -0.844. The molecule has 100 valence electrons. The molecule has 0 radical (unpaired) electrons. The molecule has 0 heterocycles. The fourth-order valence-electron chi connectivity index (χ4n) is 2.12. The smallest absolute Gasteiger partial charge is 0.337 e. The van der Waals surface area contributed by atoms with Crippen LogP contribution in [0.5, 0.6) is 0 Å². The number of aromatic carboxylic acids is 1. The quantitative estimate of drug-likeness (QED) is 0.839. The van der Waals surface area contributed by atoms with E-state index in [1.165, 1.54) is 5.56 Å². The fraction of sp³-hybridized carbons (Fsp3) is 0.533. The molecule has 0 fully saturated rings. The standard InChI is InChI=1S/C15H23NO2/c1-5-7-8-16(4)14-9-11(3)12(6-2)10-13(14)15(17)18/h9-10H,5-8H2,1-4H3,(H,17,18). The van der Waals surface area contributed by atoms with Gasteiger partial charge >= 0.3 is 5.97 Å². The van der Waals surface area contributed by atoms with Crippen LogP contribution in [0.25, 0.3) is 0 Å². The molecule has 0 aliphatic carbocycles. The maximum Gasteiger partial charge on any atom is 0.337 e. The first-order chi connectivity index (χ1) is 8.51. The van der Waals surface area contributed by atoms with Gasteiger partial charge in [0, 0.05) is 13.6 Å². The minimum Gasteiger partial charge on any atom is -0.478 e. The zero-order valence-corrected chi connectivity index (χ0v) is 11.8. The van der Waals surface area contributed by atoms with Crippen LogP contribution in [-0.2, 0) is 6.42 Å². The lowest BCUT2D eigenvalue weighted by molar-refractivity contribution is 0.0697. The van der Waals surface area contributed by atoms with Crippen molar-refractivity contribution >= 4 is 11.7 Å². The third-order valence-electron chi connectivity index (χ3n) is 3.32. The Kier molecular flexibility index (Phi) is 5.20. The van der Waals surface area contributed by atoms with Crippen LogP contribution < -0.4 is 4.90 Å². The van der Waals surface area contributed by atoms with Crippen LogP contribution in [0.2, 0.25) is 0 Å². The predicted octanol–water partition coefficient (Wildman–Crippen LogP) is 3.49. The average Bonchev–Trinajstić information content (AvgIpc) is 2.35. The van der Waals surface area contributed by atoms with Crippen LogP contribution in [0, 0.1) is 6.92 Å². The van der Waals surface area contributed by atoms with Crippen molar-refractivity contribution in [2.45, 2.75) is 40.0 Å². The van der Waals surface area contributed by atoms with Gasteiger partial charge in [0.15, 0.2) is 0 Å². The van der Waals surface area contributed by atoms with Crippen LogP contribution in [0.3, 0.4) is 0 Å². The van der Waals surface area contributed by atoms with Gasteiger partial charge in [-0.05, 0) is 43.0 Å². The van der Waals surface area contributed by atoms with Crippen molar-refractivity contribution in [3.63, 3.8) is 0 Å². The number of anilines is 1. The molecule has 1 aromatic carbocycles. The number of aryl methyl sites for hydroxylation is 2. The molecule has 1 aromatic rings. The number of benzene rings is 1. The Morgan fingerprint density at radius 2 is 2.00 bits per heavy atom. The molecule has 0 saturated carbocycles. The molecule has 18 heavy (non-hydrogen) atoms. The van der Waals surface area contributed by atoms with E-state index in [1.54, 1.807) is 0 Å². The summed E-state index contributed by atoms with van der Waals surface area (Å²) in [4.78, 5) is 13.4. The summed E-state index contributed by atoms with van der Waals surface area (Å²) < 4.78 is 0. The van der Waals surface area contributed by atoms with Crippen LogP contribution >= 0.6 is 0 Å². The first-order valence-electron chi connectivity index (χ1n) is 6.59. The molecule has 3 heteroatoms. The van der Waals surface area contributed by atoms with E-state index in [2.05, 4.69) is 13.8 Å². The molecular weight excluding hydrogens is 226 g/mol. The number of nitrogens with zero attached hydrogens (tertiary/aromatic N) is 1. The molecule has 0 bridgehead atoms. The number of hydrogen-bond acceptors (Lipinski definition) is 2. The molecule has 0 atom stereocenters. The van der Waals surface area contributed by atoms with E-state index < -0.39 is 5.97 Å². The van der Waals surface area contributed by atoms with E-state index >= 15 is 0 Å². The summed E-state index contributed by atoms with van der Waals surface area (Å²) in [6, 6.07) is 3.81. The summed E-state index contributed by atoms with van der Waals surface area (Å²) in [6.07, 6.45) is 3.05. The van der Waals surface area contributed by atoms with E-state index in [0.29, 0.717) is 5.56 Å². The minimum absolute atomic E-state index is 0.413. The van der Waals surface area contributed by atoms with E-state index in [4.69, 9.17) is 0 Å². The molecule has 0 aliphatic rings. The normalized spacial score (nSPS) is 10.4. The highest BCUT2D eigenvalue weighted by atomic mass is 16.4. The van der Waals surface area contributed by atoms with Crippen LogP contribution in [0.1, 0.15) is 48.2 Å². The largest absolute Gasteiger partial charge is 0.478 e. The third kappa shape index (κ3) is 3.25. The van der Waals surface area contributed by atoms with Crippen molar-refractivity contribution in [3.8, 4) is 0 Å². The van der Waals surface area contributed by atoms with Gasteiger partial charge in [-0.3, -0.25) is 0 Å². The van der Waals surface area contributed by atoms with Gasteiger partial charge in [0.2, 0.25) is 0 Å². The Morgan fingerprint density at radius 1 is 1.33 bits per heavy atom. The second kappa shape index (κ2) is 6.43. The van der Waals surface area contributed by atoms with Crippen molar-refractivity contribution in [1.82, 2.24) is 0 Å². The first kappa shape index (κ1) is 14.6. The Labute approximate surface area is 109 Å². The second-order valence-electron chi connectivity index (χ2n) is 4.73. The number of carboxylic acid groups (broad SMARTS) is 1. The van der Waals surface area contributed by atoms with Crippen LogP contribution in [-0.4, -0.2) is 24.7 Å². The molecule has 0 unspecified atom stereocenters. The Morgan fingerprint density at radius 3 is 2.50 bits per heavy atom. The van der Waals surface area contributed by atoms with Gasteiger partial charge in [0.1, 0.15) is 0 Å². The SMILES string of the molecule is CCCCN(C)c1cc(C)c(CC)cc1C(=O)O. The van der Waals surface area contributed by atoms with Gasteiger partial charge in [-0.1, -0.05) is 20.3 Å². The highest BCUT2D eigenvalue weighted by Crippen LogP contribution is 2.25. The highest BCUT2D eigenvalue weighted by molar-refractivity contribution is 5.95. The topological polar surface area (TPSA) is 40.5 Å². The monoisotopic (exact) mass is 249 g/mol. The van der Waals surface area contributed by atoms with Crippen LogP contribution in [0.4, 0.5) is 5.69 Å². The Bertz CT molecular complexity index is 427. The number of rotatable bonds is 6.